The van der Waals surface area contributed by atoms with E-state index in [-0.39, 0.29) is 23.9 Å². The van der Waals surface area contributed by atoms with Crippen LogP contribution in [0.1, 0.15) is 31.9 Å². The van der Waals surface area contributed by atoms with Crippen molar-refractivity contribution in [2.24, 2.45) is 5.92 Å². The first-order valence-electron chi connectivity index (χ1n) is 7.21. The molecule has 1 aliphatic heterocycles. The van der Waals surface area contributed by atoms with Gasteiger partial charge in [0.15, 0.2) is 0 Å². The molecular weight excluding hydrogens is 268 g/mol. The molecule has 1 fully saturated rings. The molecule has 6 nitrogen and oxygen atoms in total. The van der Waals surface area contributed by atoms with Crippen molar-refractivity contribution >= 4 is 11.9 Å². The summed E-state index contributed by atoms with van der Waals surface area (Å²) in [5, 5.41) is 5.70. The Labute approximate surface area is 124 Å². The fourth-order valence-corrected chi connectivity index (χ4v) is 2.50. The van der Waals surface area contributed by atoms with E-state index in [1.54, 1.807) is 24.3 Å². The van der Waals surface area contributed by atoms with Gasteiger partial charge in [0.1, 0.15) is 6.04 Å². The van der Waals surface area contributed by atoms with Crippen LogP contribution in [0.15, 0.2) is 24.5 Å². The first-order chi connectivity index (χ1) is 9.99. The van der Waals surface area contributed by atoms with Crippen molar-refractivity contribution < 1.29 is 9.59 Å². The SMILES string of the molecule is CC(C)C(NC(=O)NC1CCN(C)C1=O)c1ccncc1. The van der Waals surface area contributed by atoms with E-state index in [4.69, 9.17) is 0 Å². The number of likely N-dealkylation sites (tertiary alicyclic amines) is 1. The molecule has 2 N–H and O–H groups in total. The van der Waals surface area contributed by atoms with Crippen molar-refractivity contribution in [3.05, 3.63) is 30.1 Å². The van der Waals surface area contributed by atoms with E-state index in [0.29, 0.717) is 13.0 Å². The molecule has 0 radical (unpaired) electrons. The molecule has 0 spiro atoms. The molecule has 1 aromatic heterocycles. The summed E-state index contributed by atoms with van der Waals surface area (Å²) < 4.78 is 0. The number of pyridine rings is 1. The van der Waals surface area contributed by atoms with Crippen molar-refractivity contribution in [2.75, 3.05) is 13.6 Å². The van der Waals surface area contributed by atoms with E-state index in [0.717, 1.165) is 5.56 Å². The topological polar surface area (TPSA) is 74.3 Å². The van der Waals surface area contributed by atoms with Crippen LogP contribution < -0.4 is 10.6 Å². The molecule has 1 saturated heterocycles. The fourth-order valence-electron chi connectivity index (χ4n) is 2.50. The zero-order valence-corrected chi connectivity index (χ0v) is 12.7. The second-order valence-electron chi connectivity index (χ2n) is 5.72. The molecular formula is C15H22N4O2. The van der Waals surface area contributed by atoms with Crippen molar-refractivity contribution in [2.45, 2.75) is 32.4 Å². The highest BCUT2D eigenvalue weighted by Crippen LogP contribution is 2.20. The lowest BCUT2D eigenvalue weighted by Gasteiger charge is -2.24. The lowest BCUT2D eigenvalue weighted by molar-refractivity contribution is -0.128. The number of nitrogens with one attached hydrogen (secondary N) is 2. The Bertz CT molecular complexity index is 504. The van der Waals surface area contributed by atoms with Crippen LogP contribution in [0.3, 0.4) is 0 Å². The first kappa shape index (κ1) is 15.3. The Balaban J connectivity index is 1.98. The standard InChI is InChI=1S/C15H22N4O2/c1-10(2)13(11-4-7-16-8-5-11)18-15(21)17-12-6-9-19(3)14(12)20/h4-5,7-8,10,12-13H,6,9H2,1-3H3,(H2,17,18,21). The monoisotopic (exact) mass is 290 g/mol. The summed E-state index contributed by atoms with van der Waals surface area (Å²) in [5.41, 5.74) is 1.00. The third kappa shape index (κ3) is 3.71. The number of rotatable bonds is 4. The summed E-state index contributed by atoms with van der Waals surface area (Å²) in [6.45, 7) is 4.77. The van der Waals surface area contributed by atoms with E-state index in [9.17, 15) is 9.59 Å². The molecule has 3 amide bonds. The number of hydrogen-bond donors (Lipinski definition) is 2. The summed E-state index contributed by atoms with van der Waals surface area (Å²) in [6, 6.07) is 2.94. The smallest absolute Gasteiger partial charge is 0.315 e. The number of amides is 3. The minimum atomic E-state index is -0.416. The molecule has 6 heteroatoms. The summed E-state index contributed by atoms with van der Waals surface area (Å²) in [5.74, 6) is 0.204. The number of aromatic nitrogens is 1. The Hall–Kier alpha value is -2.11. The molecule has 1 aromatic rings. The number of carbonyl (C=O) groups excluding carboxylic acids is 2. The molecule has 2 rings (SSSR count). The van der Waals surface area contributed by atoms with Crippen LogP contribution in [0.5, 0.6) is 0 Å². The lowest BCUT2D eigenvalue weighted by atomic mass is 9.97. The Kier molecular flexibility index (Phi) is 4.77. The van der Waals surface area contributed by atoms with Gasteiger partial charge < -0.3 is 15.5 Å². The maximum atomic E-state index is 12.1. The normalized spacial score (nSPS) is 19.7. The molecule has 114 valence electrons. The minimum Gasteiger partial charge on any atom is -0.344 e. The highest BCUT2D eigenvalue weighted by atomic mass is 16.2. The van der Waals surface area contributed by atoms with Gasteiger partial charge in [0.2, 0.25) is 5.91 Å². The maximum absolute atomic E-state index is 12.1. The summed E-state index contributed by atoms with van der Waals surface area (Å²) in [6.07, 6.45) is 4.07. The van der Waals surface area contributed by atoms with Gasteiger partial charge in [-0.1, -0.05) is 13.8 Å². The van der Waals surface area contributed by atoms with E-state index in [1.165, 1.54) is 0 Å². The Morgan fingerprint density at radius 1 is 1.38 bits per heavy atom. The van der Waals surface area contributed by atoms with Crippen LogP contribution >= 0.6 is 0 Å². The van der Waals surface area contributed by atoms with E-state index in [1.807, 2.05) is 26.0 Å². The van der Waals surface area contributed by atoms with Crippen molar-refractivity contribution in [3.63, 3.8) is 0 Å². The van der Waals surface area contributed by atoms with Crippen molar-refractivity contribution in [3.8, 4) is 0 Å². The van der Waals surface area contributed by atoms with Crippen LogP contribution in [0, 0.1) is 5.92 Å². The van der Waals surface area contributed by atoms with E-state index in [2.05, 4.69) is 15.6 Å². The third-order valence-corrected chi connectivity index (χ3v) is 3.75. The maximum Gasteiger partial charge on any atom is 0.315 e. The quantitative estimate of drug-likeness (QED) is 0.878. The van der Waals surface area contributed by atoms with Gasteiger partial charge in [-0.2, -0.15) is 0 Å². The zero-order valence-electron chi connectivity index (χ0n) is 12.7. The van der Waals surface area contributed by atoms with Gasteiger partial charge in [-0.3, -0.25) is 9.78 Å². The number of carbonyl (C=O) groups is 2. The van der Waals surface area contributed by atoms with E-state index >= 15 is 0 Å². The molecule has 0 aromatic carbocycles. The predicted octanol–water partition coefficient (Wildman–Crippen LogP) is 1.31. The average molecular weight is 290 g/mol. The van der Waals surface area contributed by atoms with Gasteiger partial charge >= 0.3 is 6.03 Å². The average Bonchev–Trinajstić information content (AvgIpc) is 2.77. The van der Waals surface area contributed by atoms with Crippen LogP contribution in [0.4, 0.5) is 4.79 Å². The highest BCUT2D eigenvalue weighted by molar-refractivity contribution is 5.88. The molecule has 0 aliphatic carbocycles. The number of hydrogen-bond acceptors (Lipinski definition) is 3. The third-order valence-electron chi connectivity index (χ3n) is 3.75. The molecule has 0 bridgehead atoms. The Morgan fingerprint density at radius 2 is 2.05 bits per heavy atom. The Morgan fingerprint density at radius 3 is 2.57 bits per heavy atom. The minimum absolute atomic E-state index is 0.0323. The van der Waals surface area contributed by atoms with Crippen LogP contribution in [-0.2, 0) is 4.79 Å². The molecule has 0 saturated carbocycles. The van der Waals surface area contributed by atoms with Gasteiger partial charge in [0, 0.05) is 26.0 Å². The fraction of sp³-hybridized carbons (Fsp3) is 0.533. The number of likely N-dealkylation sites (N-methyl/N-ethyl adjacent to an activating group) is 1. The summed E-state index contributed by atoms with van der Waals surface area (Å²) >= 11 is 0. The van der Waals surface area contributed by atoms with Gasteiger partial charge in [0.25, 0.3) is 0 Å². The molecule has 2 atom stereocenters. The van der Waals surface area contributed by atoms with Crippen LogP contribution in [0.25, 0.3) is 0 Å². The molecule has 21 heavy (non-hydrogen) atoms. The number of nitrogens with zero attached hydrogens (tertiary/aromatic N) is 2. The molecule has 2 unspecified atom stereocenters. The van der Waals surface area contributed by atoms with Gasteiger partial charge in [0.05, 0.1) is 6.04 Å². The van der Waals surface area contributed by atoms with Crippen LogP contribution in [-0.4, -0.2) is 41.5 Å². The largest absolute Gasteiger partial charge is 0.344 e. The summed E-state index contributed by atoms with van der Waals surface area (Å²) in [4.78, 5) is 29.6. The van der Waals surface area contributed by atoms with Crippen molar-refractivity contribution in [1.29, 1.82) is 0 Å². The van der Waals surface area contributed by atoms with Crippen molar-refractivity contribution in [1.82, 2.24) is 20.5 Å². The molecule has 1 aliphatic rings. The van der Waals surface area contributed by atoms with Crippen LogP contribution in [0.2, 0.25) is 0 Å². The zero-order chi connectivity index (χ0) is 15.4. The molecule has 2 heterocycles. The summed E-state index contributed by atoms with van der Waals surface area (Å²) in [7, 11) is 1.75. The van der Waals surface area contributed by atoms with Gasteiger partial charge in [-0.05, 0) is 30.0 Å². The second kappa shape index (κ2) is 6.56. The van der Waals surface area contributed by atoms with E-state index < -0.39 is 6.04 Å². The van der Waals surface area contributed by atoms with Gasteiger partial charge in [-0.15, -0.1) is 0 Å². The second-order valence-corrected chi connectivity index (χ2v) is 5.72. The van der Waals surface area contributed by atoms with Gasteiger partial charge in [-0.25, -0.2) is 4.79 Å². The first-order valence-corrected chi connectivity index (χ1v) is 7.21. The highest BCUT2D eigenvalue weighted by Gasteiger charge is 2.30. The number of urea groups is 1. The predicted molar refractivity (Wildman–Crippen MR) is 79.5 cm³/mol. The lowest BCUT2D eigenvalue weighted by Crippen LogP contribution is -2.47.